The molecule has 0 atom stereocenters. The average molecular weight is 330 g/mol. The fourth-order valence-electron chi connectivity index (χ4n) is 1.33. The SMILES string of the molecule is CCOC(=O)Nc1nnc(SCc2ccccc2Cl)s1. The van der Waals surface area contributed by atoms with E-state index >= 15 is 0 Å². The number of halogens is 1. The van der Waals surface area contributed by atoms with Gasteiger partial charge in [-0.25, -0.2) is 4.79 Å². The summed E-state index contributed by atoms with van der Waals surface area (Å²) in [6.07, 6.45) is -0.522. The van der Waals surface area contributed by atoms with Crippen LogP contribution in [0.4, 0.5) is 9.93 Å². The number of ether oxygens (including phenoxy) is 1. The third-order valence-electron chi connectivity index (χ3n) is 2.20. The van der Waals surface area contributed by atoms with Crippen molar-refractivity contribution in [2.24, 2.45) is 0 Å². The van der Waals surface area contributed by atoms with Gasteiger partial charge in [0, 0.05) is 10.8 Å². The minimum absolute atomic E-state index is 0.318. The fourth-order valence-corrected chi connectivity index (χ4v) is 3.35. The van der Waals surface area contributed by atoms with E-state index in [1.807, 2.05) is 24.3 Å². The van der Waals surface area contributed by atoms with Crippen molar-refractivity contribution in [3.05, 3.63) is 34.9 Å². The first-order valence-corrected chi connectivity index (χ1v) is 8.00. The van der Waals surface area contributed by atoms with Gasteiger partial charge in [0.05, 0.1) is 6.61 Å². The van der Waals surface area contributed by atoms with Gasteiger partial charge >= 0.3 is 6.09 Å². The highest BCUT2D eigenvalue weighted by Gasteiger charge is 2.09. The van der Waals surface area contributed by atoms with Crippen LogP contribution in [0.25, 0.3) is 0 Å². The number of thioether (sulfide) groups is 1. The number of hydrogen-bond donors (Lipinski definition) is 1. The fraction of sp³-hybridized carbons (Fsp3) is 0.250. The lowest BCUT2D eigenvalue weighted by atomic mass is 10.2. The van der Waals surface area contributed by atoms with E-state index in [4.69, 9.17) is 16.3 Å². The van der Waals surface area contributed by atoms with Crippen molar-refractivity contribution in [1.29, 1.82) is 0 Å². The van der Waals surface area contributed by atoms with Crippen LogP contribution in [0, 0.1) is 0 Å². The van der Waals surface area contributed by atoms with Gasteiger partial charge in [-0.15, -0.1) is 10.2 Å². The molecule has 0 saturated heterocycles. The minimum Gasteiger partial charge on any atom is -0.450 e. The molecule has 1 N–H and O–H groups in total. The summed E-state index contributed by atoms with van der Waals surface area (Å²) in [6, 6.07) is 7.65. The van der Waals surface area contributed by atoms with Gasteiger partial charge in [0.2, 0.25) is 5.13 Å². The predicted molar refractivity (Wildman–Crippen MR) is 81.6 cm³/mol. The van der Waals surface area contributed by atoms with Gasteiger partial charge in [0.25, 0.3) is 0 Å². The summed E-state index contributed by atoms with van der Waals surface area (Å²) in [5.41, 5.74) is 1.04. The van der Waals surface area contributed by atoms with E-state index in [0.29, 0.717) is 17.5 Å². The summed E-state index contributed by atoms with van der Waals surface area (Å²) in [4.78, 5) is 11.2. The number of aromatic nitrogens is 2. The van der Waals surface area contributed by atoms with E-state index in [-0.39, 0.29) is 0 Å². The summed E-state index contributed by atoms with van der Waals surface area (Å²) in [5, 5.41) is 11.5. The first kappa shape index (κ1) is 15.1. The molecular formula is C12H12ClN3O2S2. The Morgan fingerprint density at radius 1 is 1.45 bits per heavy atom. The third-order valence-corrected chi connectivity index (χ3v) is 4.59. The standard InChI is InChI=1S/C12H12ClN3O2S2/c1-2-18-11(17)14-10-15-16-12(20-10)19-7-8-5-3-4-6-9(8)13/h3-6H,2,7H2,1H3,(H,14,15,17). The minimum atomic E-state index is -0.522. The molecule has 0 bridgehead atoms. The zero-order valence-electron chi connectivity index (χ0n) is 10.6. The maximum atomic E-state index is 11.2. The molecule has 0 aliphatic rings. The molecule has 0 unspecified atom stereocenters. The molecule has 20 heavy (non-hydrogen) atoms. The zero-order valence-corrected chi connectivity index (χ0v) is 13.0. The van der Waals surface area contributed by atoms with Crippen LogP contribution < -0.4 is 5.32 Å². The molecule has 1 aromatic carbocycles. The van der Waals surface area contributed by atoms with Crippen LogP contribution in [-0.2, 0) is 10.5 Å². The van der Waals surface area contributed by atoms with Crippen molar-refractivity contribution in [3.8, 4) is 0 Å². The van der Waals surface area contributed by atoms with E-state index < -0.39 is 6.09 Å². The molecule has 1 amide bonds. The Hall–Kier alpha value is -1.31. The summed E-state index contributed by atoms with van der Waals surface area (Å²) in [6.45, 7) is 2.06. The van der Waals surface area contributed by atoms with E-state index in [2.05, 4.69) is 15.5 Å². The van der Waals surface area contributed by atoms with Gasteiger partial charge < -0.3 is 4.74 Å². The number of rotatable bonds is 5. The van der Waals surface area contributed by atoms with Crippen molar-refractivity contribution in [2.75, 3.05) is 11.9 Å². The number of nitrogens with zero attached hydrogens (tertiary/aromatic N) is 2. The van der Waals surface area contributed by atoms with Crippen LogP contribution >= 0.6 is 34.7 Å². The van der Waals surface area contributed by atoms with Crippen molar-refractivity contribution in [2.45, 2.75) is 17.0 Å². The number of carbonyl (C=O) groups is 1. The van der Waals surface area contributed by atoms with Gasteiger partial charge in [-0.1, -0.05) is 52.9 Å². The Kier molecular flexibility index (Phi) is 5.63. The Morgan fingerprint density at radius 3 is 3.00 bits per heavy atom. The smallest absolute Gasteiger partial charge is 0.413 e. The predicted octanol–water partition coefficient (Wildman–Crippen LogP) is 4.05. The molecule has 8 heteroatoms. The summed E-state index contributed by atoms with van der Waals surface area (Å²) >= 11 is 8.89. The summed E-state index contributed by atoms with van der Waals surface area (Å²) in [5.74, 6) is 0.702. The molecule has 2 rings (SSSR count). The summed E-state index contributed by atoms with van der Waals surface area (Å²) < 4.78 is 5.53. The first-order chi connectivity index (χ1) is 9.69. The molecule has 0 radical (unpaired) electrons. The van der Waals surface area contributed by atoms with Gasteiger partial charge in [-0.05, 0) is 18.6 Å². The van der Waals surface area contributed by atoms with E-state index in [1.54, 1.807) is 6.92 Å². The molecule has 0 spiro atoms. The highest BCUT2D eigenvalue weighted by Crippen LogP contribution is 2.30. The van der Waals surface area contributed by atoms with Gasteiger partial charge in [-0.2, -0.15) is 0 Å². The van der Waals surface area contributed by atoms with Crippen molar-refractivity contribution in [1.82, 2.24) is 10.2 Å². The number of nitrogens with one attached hydrogen (secondary N) is 1. The second-order valence-electron chi connectivity index (χ2n) is 3.60. The Morgan fingerprint density at radius 2 is 2.25 bits per heavy atom. The van der Waals surface area contributed by atoms with Crippen molar-refractivity contribution >= 4 is 45.9 Å². The van der Waals surface area contributed by atoms with E-state index in [1.165, 1.54) is 23.1 Å². The Labute approximate surface area is 129 Å². The van der Waals surface area contributed by atoms with Gasteiger partial charge in [0.15, 0.2) is 4.34 Å². The number of carbonyl (C=O) groups excluding carboxylic acids is 1. The van der Waals surface area contributed by atoms with E-state index in [0.717, 1.165) is 14.9 Å². The highest BCUT2D eigenvalue weighted by atomic mass is 35.5. The quantitative estimate of drug-likeness (QED) is 0.662. The van der Waals surface area contributed by atoms with Crippen molar-refractivity contribution in [3.63, 3.8) is 0 Å². The van der Waals surface area contributed by atoms with Gasteiger partial charge in [-0.3, -0.25) is 5.32 Å². The molecule has 2 aromatic rings. The maximum Gasteiger partial charge on any atom is 0.413 e. The number of anilines is 1. The molecule has 0 aliphatic carbocycles. The lowest BCUT2D eigenvalue weighted by molar-refractivity contribution is 0.168. The summed E-state index contributed by atoms with van der Waals surface area (Å²) in [7, 11) is 0. The Bertz CT molecular complexity index is 592. The highest BCUT2D eigenvalue weighted by molar-refractivity contribution is 8.00. The Balaban J connectivity index is 1.90. The third kappa shape index (κ3) is 4.36. The average Bonchev–Trinajstić information content (AvgIpc) is 2.85. The van der Waals surface area contributed by atoms with Crippen LogP contribution in [0.5, 0.6) is 0 Å². The monoisotopic (exact) mass is 329 g/mol. The number of amides is 1. The second-order valence-corrected chi connectivity index (χ2v) is 6.21. The molecule has 1 aromatic heterocycles. The van der Waals surface area contributed by atoms with Crippen LogP contribution in [0.15, 0.2) is 28.6 Å². The molecule has 0 saturated carbocycles. The lowest BCUT2D eigenvalue weighted by Crippen LogP contribution is -2.12. The van der Waals surface area contributed by atoms with Crippen LogP contribution in [0.1, 0.15) is 12.5 Å². The molecule has 106 valence electrons. The molecule has 1 heterocycles. The molecule has 0 fully saturated rings. The van der Waals surface area contributed by atoms with Crippen LogP contribution in [0.2, 0.25) is 5.02 Å². The molecule has 0 aliphatic heterocycles. The lowest BCUT2D eigenvalue weighted by Gasteiger charge is -2.01. The van der Waals surface area contributed by atoms with E-state index in [9.17, 15) is 4.79 Å². The topological polar surface area (TPSA) is 64.1 Å². The van der Waals surface area contributed by atoms with Crippen molar-refractivity contribution < 1.29 is 9.53 Å². The number of hydrogen-bond acceptors (Lipinski definition) is 6. The maximum absolute atomic E-state index is 11.2. The molecule has 5 nitrogen and oxygen atoms in total. The molecular weight excluding hydrogens is 318 g/mol. The normalized spacial score (nSPS) is 10.3. The number of benzene rings is 1. The van der Waals surface area contributed by atoms with Gasteiger partial charge in [0.1, 0.15) is 0 Å². The largest absolute Gasteiger partial charge is 0.450 e. The second kappa shape index (κ2) is 7.47. The zero-order chi connectivity index (χ0) is 14.4. The first-order valence-electron chi connectivity index (χ1n) is 5.82. The van der Waals surface area contributed by atoms with Crippen LogP contribution in [0.3, 0.4) is 0 Å². The van der Waals surface area contributed by atoms with Crippen LogP contribution in [-0.4, -0.2) is 22.9 Å².